The zero-order valence-corrected chi connectivity index (χ0v) is 17.7. The standard InChI is InChI=1S/C22H20N2O3S2/c1-16-9-6-7-12-20(16)24(29(25,26)21-13-8-14-28-21)15-19-17(2)27-22(23-19)18-10-4-3-5-11-18/h3-14H,15H2,1-2H3. The van der Waals surface area contributed by atoms with E-state index in [1.165, 1.54) is 15.6 Å². The second kappa shape index (κ2) is 7.85. The number of aryl methyl sites for hydroxylation is 2. The van der Waals surface area contributed by atoms with Gasteiger partial charge in [0.15, 0.2) is 0 Å². The second-order valence-corrected chi connectivity index (χ2v) is 9.66. The van der Waals surface area contributed by atoms with Gasteiger partial charge in [-0.15, -0.1) is 11.3 Å². The summed E-state index contributed by atoms with van der Waals surface area (Å²) in [4.78, 5) is 4.60. The zero-order chi connectivity index (χ0) is 20.4. The van der Waals surface area contributed by atoms with Crippen LogP contribution in [0.5, 0.6) is 0 Å². The number of thiophene rings is 1. The van der Waals surface area contributed by atoms with Crippen molar-refractivity contribution in [1.29, 1.82) is 0 Å². The summed E-state index contributed by atoms with van der Waals surface area (Å²) < 4.78 is 34.4. The minimum Gasteiger partial charge on any atom is -0.441 e. The van der Waals surface area contributed by atoms with Gasteiger partial charge in [0.05, 0.1) is 12.2 Å². The average molecular weight is 425 g/mol. The van der Waals surface area contributed by atoms with Crippen molar-refractivity contribution in [3.8, 4) is 11.5 Å². The Hall–Kier alpha value is -2.90. The number of sulfonamides is 1. The Kier molecular flexibility index (Phi) is 5.25. The molecule has 29 heavy (non-hydrogen) atoms. The first-order chi connectivity index (χ1) is 14.0. The molecule has 4 aromatic rings. The number of para-hydroxylation sites is 1. The van der Waals surface area contributed by atoms with Gasteiger partial charge >= 0.3 is 0 Å². The summed E-state index contributed by atoms with van der Waals surface area (Å²) in [5, 5.41) is 1.76. The van der Waals surface area contributed by atoms with E-state index in [9.17, 15) is 8.42 Å². The number of nitrogens with zero attached hydrogens (tertiary/aromatic N) is 2. The van der Waals surface area contributed by atoms with Crippen molar-refractivity contribution < 1.29 is 12.8 Å². The van der Waals surface area contributed by atoms with Crippen LogP contribution < -0.4 is 4.31 Å². The third-order valence-corrected chi connectivity index (χ3v) is 7.76. The third kappa shape index (κ3) is 3.83. The molecule has 0 N–H and O–H groups in total. The molecule has 0 aliphatic heterocycles. The van der Waals surface area contributed by atoms with E-state index in [4.69, 9.17) is 4.42 Å². The van der Waals surface area contributed by atoms with Crippen molar-refractivity contribution in [3.63, 3.8) is 0 Å². The molecule has 0 spiro atoms. The summed E-state index contributed by atoms with van der Waals surface area (Å²) in [5.41, 5.74) is 2.94. The number of rotatable bonds is 6. The van der Waals surface area contributed by atoms with E-state index in [-0.39, 0.29) is 6.54 Å². The Labute approximate surface area is 174 Å². The summed E-state index contributed by atoms with van der Waals surface area (Å²) >= 11 is 1.20. The quantitative estimate of drug-likeness (QED) is 0.415. The highest BCUT2D eigenvalue weighted by molar-refractivity contribution is 7.94. The minimum absolute atomic E-state index is 0.0905. The fourth-order valence-corrected chi connectivity index (χ4v) is 5.67. The monoisotopic (exact) mass is 424 g/mol. The molecule has 0 unspecified atom stereocenters. The number of hydrogen-bond donors (Lipinski definition) is 0. The maximum atomic E-state index is 13.4. The van der Waals surface area contributed by atoms with Crippen LogP contribution in [0.4, 0.5) is 5.69 Å². The van der Waals surface area contributed by atoms with Crippen molar-refractivity contribution in [1.82, 2.24) is 4.98 Å². The molecule has 0 radical (unpaired) electrons. The van der Waals surface area contributed by atoms with Gasteiger partial charge in [0.25, 0.3) is 10.0 Å². The Bertz CT molecular complexity index is 1210. The van der Waals surface area contributed by atoms with E-state index < -0.39 is 10.0 Å². The summed E-state index contributed by atoms with van der Waals surface area (Å²) in [5.74, 6) is 1.08. The van der Waals surface area contributed by atoms with Crippen LogP contribution in [0.2, 0.25) is 0 Å². The van der Waals surface area contributed by atoms with Crippen LogP contribution in [0, 0.1) is 13.8 Å². The minimum atomic E-state index is -3.73. The predicted molar refractivity (Wildman–Crippen MR) is 116 cm³/mol. The van der Waals surface area contributed by atoms with Gasteiger partial charge in [0.1, 0.15) is 15.7 Å². The molecule has 0 saturated heterocycles. The van der Waals surface area contributed by atoms with Gasteiger partial charge in [0, 0.05) is 5.56 Å². The van der Waals surface area contributed by atoms with E-state index in [0.29, 0.717) is 27.2 Å². The highest BCUT2D eigenvalue weighted by Crippen LogP contribution is 2.32. The average Bonchev–Trinajstić information content (AvgIpc) is 3.38. The van der Waals surface area contributed by atoms with Gasteiger partial charge in [-0.1, -0.05) is 42.5 Å². The van der Waals surface area contributed by atoms with Crippen LogP contribution >= 0.6 is 11.3 Å². The van der Waals surface area contributed by atoms with Crippen molar-refractivity contribution in [2.45, 2.75) is 24.6 Å². The first kappa shape index (κ1) is 19.4. The largest absolute Gasteiger partial charge is 0.441 e. The molecule has 0 bridgehead atoms. The number of hydrogen-bond acceptors (Lipinski definition) is 5. The van der Waals surface area contributed by atoms with Gasteiger partial charge < -0.3 is 4.42 Å². The van der Waals surface area contributed by atoms with Gasteiger partial charge in [-0.2, -0.15) is 0 Å². The lowest BCUT2D eigenvalue weighted by atomic mass is 10.2. The predicted octanol–water partition coefficient (Wildman–Crippen LogP) is 5.42. The number of benzene rings is 2. The molecule has 5 nitrogen and oxygen atoms in total. The number of anilines is 1. The Balaban J connectivity index is 1.78. The first-order valence-electron chi connectivity index (χ1n) is 9.10. The molecule has 7 heteroatoms. The Morgan fingerprint density at radius 3 is 2.38 bits per heavy atom. The molecule has 0 aliphatic carbocycles. The molecule has 2 aromatic heterocycles. The fraction of sp³-hybridized carbons (Fsp3) is 0.136. The maximum Gasteiger partial charge on any atom is 0.274 e. The van der Waals surface area contributed by atoms with Crippen LogP contribution in [0.3, 0.4) is 0 Å². The molecule has 148 valence electrons. The van der Waals surface area contributed by atoms with Gasteiger partial charge in [0.2, 0.25) is 5.89 Å². The molecule has 0 amide bonds. The molecule has 2 heterocycles. The molecule has 0 atom stereocenters. The lowest BCUT2D eigenvalue weighted by molar-refractivity contribution is 0.539. The number of aromatic nitrogens is 1. The van der Waals surface area contributed by atoms with Crippen molar-refractivity contribution in [2.24, 2.45) is 0 Å². The maximum absolute atomic E-state index is 13.4. The molecule has 4 rings (SSSR count). The summed E-state index contributed by atoms with van der Waals surface area (Å²) in [6, 6.07) is 20.4. The lowest BCUT2D eigenvalue weighted by Crippen LogP contribution is -2.31. The highest BCUT2D eigenvalue weighted by atomic mass is 32.2. The molecular formula is C22H20N2O3S2. The van der Waals surface area contributed by atoms with E-state index >= 15 is 0 Å². The van der Waals surface area contributed by atoms with Gasteiger partial charge in [-0.3, -0.25) is 4.31 Å². The Morgan fingerprint density at radius 1 is 0.966 bits per heavy atom. The van der Waals surface area contributed by atoms with E-state index in [0.717, 1.165) is 11.1 Å². The molecular weight excluding hydrogens is 404 g/mol. The normalized spacial score (nSPS) is 11.5. The van der Waals surface area contributed by atoms with E-state index in [1.54, 1.807) is 17.5 Å². The lowest BCUT2D eigenvalue weighted by Gasteiger charge is -2.24. The van der Waals surface area contributed by atoms with Gasteiger partial charge in [-0.25, -0.2) is 13.4 Å². The molecule has 2 aromatic carbocycles. The van der Waals surface area contributed by atoms with Crippen molar-refractivity contribution >= 4 is 27.0 Å². The smallest absolute Gasteiger partial charge is 0.274 e. The molecule has 0 saturated carbocycles. The van der Waals surface area contributed by atoms with Crippen molar-refractivity contribution in [2.75, 3.05) is 4.31 Å². The van der Waals surface area contributed by atoms with Crippen LogP contribution in [0.1, 0.15) is 17.0 Å². The molecule has 0 aliphatic rings. The summed E-state index contributed by atoms with van der Waals surface area (Å²) in [6.07, 6.45) is 0. The Morgan fingerprint density at radius 2 is 1.69 bits per heavy atom. The summed E-state index contributed by atoms with van der Waals surface area (Å²) in [6.45, 7) is 3.80. The third-order valence-electron chi connectivity index (χ3n) is 4.63. The zero-order valence-electron chi connectivity index (χ0n) is 16.1. The van der Waals surface area contributed by atoms with Gasteiger partial charge in [-0.05, 0) is 49.1 Å². The SMILES string of the molecule is Cc1ccccc1N(Cc1nc(-c2ccccc2)oc1C)S(=O)(=O)c1cccs1. The highest BCUT2D eigenvalue weighted by Gasteiger charge is 2.29. The van der Waals surface area contributed by atoms with Crippen molar-refractivity contribution in [3.05, 3.63) is 89.1 Å². The second-order valence-electron chi connectivity index (χ2n) is 6.62. The van der Waals surface area contributed by atoms with E-state index in [2.05, 4.69) is 4.98 Å². The summed E-state index contributed by atoms with van der Waals surface area (Å²) in [7, 11) is -3.73. The van der Waals surface area contributed by atoms with E-state index in [1.807, 2.05) is 68.4 Å². The van der Waals surface area contributed by atoms with Crippen LogP contribution in [0.25, 0.3) is 11.5 Å². The first-order valence-corrected chi connectivity index (χ1v) is 11.4. The number of oxazole rings is 1. The fourth-order valence-electron chi connectivity index (χ4n) is 3.08. The molecule has 0 fully saturated rings. The van der Waals surface area contributed by atoms with Crippen LogP contribution in [-0.2, 0) is 16.6 Å². The van der Waals surface area contributed by atoms with Crippen LogP contribution in [-0.4, -0.2) is 13.4 Å². The topological polar surface area (TPSA) is 63.4 Å². The van der Waals surface area contributed by atoms with Crippen LogP contribution in [0.15, 0.2) is 80.7 Å².